The lowest BCUT2D eigenvalue weighted by Gasteiger charge is -2.20. The van der Waals surface area contributed by atoms with E-state index in [2.05, 4.69) is 84.5 Å². The highest BCUT2D eigenvalue weighted by atomic mass is 16.7. The summed E-state index contributed by atoms with van der Waals surface area (Å²) in [5.74, 6) is 1.68. The van der Waals surface area contributed by atoms with Crippen LogP contribution >= 0.6 is 0 Å². The maximum Gasteiger partial charge on any atom is 0.231 e. The van der Waals surface area contributed by atoms with E-state index < -0.39 is 0 Å². The second-order valence-corrected chi connectivity index (χ2v) is 7.96. The van der Waals surface area contributed by atoms with Gasteiger partial charge in [0.05, 0.1) is 0 Å². The molecule has 0 saturated carbocycles. The van der Waals surface area contributed by atoms with Gasteiger partial charge in [0.1, 0.15) is 0 Å². The fourth-order valence-corrected chi connectivity index (χ4v) is 4.91. The van der Waals surface area contributed by atoms with Crippen LogP contribution in [-0.4, -0.2) is 16.8 Å². The van der Waals surface area contributed by atoms with E-state index in [0.29, 0.717) is 0 Å². The van der Waals surface area contributed by atoms with Crippen molar-refractivity contribution in [3.63, 3.8) is 0 Å². The van der Waals surface area contributed by atoms with Gasteiger partial charge < -0.3 is 19.4 Å². The molecule has 0 saturated heterocycles. The first-order valence-electron chi connectivity index (χ1n) is 10.2. The van der Waals surface area contributed by atoms with Crippen molar-refractivity contribution < 1.29 is 9.47 Å². The Kier molecular flexibility index (Phi) is 3.69. The number of hydrogen-bond donors (Lipinski definition) is 2. The van der Waals surface area contributed by atoms with Crippen LogP contribution in [0.25, 0.3) is 21.8 Å². The Labute approximate surface area is 174 Å². The zero-order chi connectivity index (χ0) is 20.2. The van der Waals surface area contributed by atoms with E-state index >= 15 is 0 Å². The normalized spacial score (nSPS) is 13.0. The Hall–Kier alpha value is -3.66. The second-order valence-electron chi connectivity index (χ2n) is 7.96. The molecular weight excluding hydrogens is 372 g/mol. The van der Waals surface area contributed by atoms with Crippen LogP contribution in [0.3, 0.4) is 0 Å². The van der Waals surface area contributed by atoms with Crippen LogP contribution in [0.5, 0.6) is 11.5 Å². The second kappa shape index (κ2) is 6.42. The number of hydrogen-bond acceptors (Lipinski definition) is 2. The van der Waals surface area contributed by atoms with E-state index in [9.17, 15) is 0 Å². The predicted molar refractivity (Wildman–Crippen MR) is 120 cm³/mol. The lowest BCUT2D eigenvalue weighted by molar-refractivity contribution is 0.174. The molecule has 0 radical (unpaired) electrons. The third kappa shape index (κ3) is 2.47. The lowest BCUT2D eigenvalue weighted by atomic mass is 9.82. The van der Waals surface area contributed by atoms with Gasteiger partial charge in [0.25, 0.3) is 0 Å². The van der Waals surface area contributed by atoms with Crippen molar-refractivity contribution in [3.05, 3.63) is 94.8 Å². The minimum absolute atomic E-state index is 0.0619. The van der Waals surface area contributed by atoms with Gasteiger partial charge in [-0.1, -0.05) is 42.5 Å². The Morgan fingerprint density at radius 3 is 1.90 bits per heavy atom. The van der Waals surface area contributed by atoms with Crippen LogP contribution in [-0.2, 0) is 0 Å². The molecule has 1 aliphatic heterocycles. The van der Waals surface area contributed by atoms with Crippen molar-refractivity contribution in [1.29, 1.82) is 0 Å². The summed E-state index contributed by atoms with van der Waals surface area (Å²) < 4.78 is 11.3. The topological polar surface area (TPSA) is 50.0 Å². The summed E-state index contributed by atoms with van der Waals surface area (Å²) in [5, 5.41) is 2.50. The van der Waals surface area contributed by atoms with Crippen molar-refractivity contribution in [2.75, 3.05) is 6.79 Å². The van der Waals surface area contributed by atoms with Gasteiger partial charge in [-0.2, -0.15) is 0 Å². The third-order valence-electron chi connectivity index (χ3n) is 6.19. The molecule has 3 heterocycles. The summed E-state index contributed by atoms with van der Waals surface area (Å²) in [4.78, 5) is 7.19. The highest BCUT2D eigenvalue weighted by Gasteiger charge is 2.28. The zero-order valence-corrected chi connectivity index (χ0v) is 17.0. The molecule has 30 heavy (non-hydrogen) atoms. The Bertz CT molecular complexity index is 1330. The predicted octanol–water partition coefficient (Wildman–Crippen LogP) is 6.17. The maximum atomic E-state index is 5.72. The molecule has 0 aliphatic carbocycles. The SMILES string of the molecule is Cc1[nH]c2ccccc2c1C(c1ccc2c(c1)OCO2)c1c(C)[nH]c2ccccc12. The Morgan fingerprint density at radius 1 is 0.700 bits per heavy atom. The van der Waals surface area contributed by atoms with Crippen LogP contribution < -0.4 is 9.47 Å². The monoisotopic (exact) mass is 394 g/mol. The third-order valence-corrected chi connectivity index (χ3v) is 6.19. The van der Waals surface area contributed by atoms with Gasteiger partial charge in [0.2, 0.25) is 6.79 Å². The van der Waals surface area contributed by atoms with Gasteiger partial charge in [-0.25, -0.2) is 0 Å². The summed E-state index contributed by atoms with van der Waals surface area (Å²) in [6.45, 7) is 4.61. The highest BCUT2D eigenvalue weighted by Crippen LogP contribution is 2.45. The van der Waals surface area contributed by atoms with E-state index in [1.165, 1.54) is 38.9 Å². The van der Waals surface area contributed by atoms with Gasteiger partial charge in [0, 0.05) is 39.1 Å². The van der Waals surface area contributed by atoms with E-state index in [0.717, 1.165) is 22.5 Å². The largest absolute Gasteiger partial charge is 0.454 e. The van der Waals surface area contributed by atoms with Crippen LogP contribution in [0.15, 0.2) is 66.7 Å². The number of ether oxygens (including phenoxy) is 2. The highest BCUT2D eigenvalue weighted by molar-refractivity contribution is 5.91. The first-order chi connectivity index (χ1) is 14.7. The molecule has 3 aromatic carbocycles. The molecule has 4 nitrogen and oxygen atoms in total. The van der Waals surface area contributed by atoms with Crippen molar-refractivity contribution in [2.45, 2.75) is 19.8 Å². The first kappa shape index (κ1) is 17.2. The average molecular weight is 394 g/mol. The molecule has 148 valence electrons. The van der Waals surface area contributed by atoms with Gasteiger partial charge in [-0.3, -0.25) is 0 Å². The quantitative estimate of drug-likeness (QED) is 0.384. The van der Waals surface area contributed by atoms with Crippen LogP contribution in [0.1, 0.15) is 34.0 Å². The fraction of sp³-hybridized carbons (Fsp3) is 0.154. The van der Waals surface area contributed by atoms with E-state index in [-0.39, 0.29) is 12.7 Å². The molecule has 1 aliphatic rings. The number of para-hydroxylation sites is 2. The molecule has 4 heteroatoms. The fourth-order valence-electron chi connectivity index (χ4n) is 4.91. The van der Waals surface area contributed by atoms with Crippen molar-refractivity contribution in [3.8, 4) is 11.5 Å². The number of benzene rings is 3. The molecule has 0 unspecified atom stereocenters. The molecule has 5 aromatic rings. The molecule has 0 bridgehead atoms. The van der Waals surface area contributed by atoms with Gasteiger partial charge in [0.15, 0.2) is 11.5 Å². The molecule has 2 N–H and O–H groups in total. The molecular formula is C26H22N2O2. The average Bonchev–Trinajstić information content (AvgIpc) is 3.44. The number of nitrogens with one attached hydrogen (secondary N) is 2. The Balaban J connectivity index is 1.69. The molecule has 0 amide bonds. The summed E-state index contributed by atoms with van der Waals surface area (Å²) in [7, 11) is 0. The van der Waals surface area contributed by atoms with Crippen molar-refractivity contribution in [2.24, 2.45) is 0 Å². The smallest absolute Gasteiger partial charge is 0.231 e. The Morgan fingerprint density at radius 2 is 1.27 bits per heavy atom. The zero-order valence-electron chi connectivity index (χ0n) is 17.0. The number of aromatic nitrogens is 2. The molecule has 6 rings (SSSR count). The maximum absolute atomic E-state index is 5.72. The molecule has 0 atom stereocenters. The summed E-state index contributed by atoms with van der Waals surface area (Å²) >= 11 is 0. The van der Waals surface area contributed by atoms with E-state index in [1.54, 1.807) is 0 Å². The number of aryl methyl sites for hydroxylation is 2. The first-order valence-corrected chi connectivity index (χ1v) is 10.2. The number of fused-ring (bicyclic) bond motifs is 3. The van der Waals surface area contributed by atoms with E-state index in [4.69, 9.17) is 9.47 Å². The van der Waals surface area contributed by atoms with Crippen molar-refractivity contribution in [1.82, 2.24) is 9.97 Å². The minimum atomic E-state index is 0.0619. The lowest BCUT2D eigenvalue weighted by Crippen LogP contribution is -2.06. The minimum Gasteiger partial charge on any atom is -0.454 e. The standard InChI is InChI=1S/C26H22N2O2/c1-15-24(18-7-3-5-9-20(18)27-15)26(17-11-12-22-23(13-17)30-14-29-22)25-16(2)28-21-10-6-4-8-19(21)25/h3-13,26-28H,14H2,1-2H3. The van der Waals surface area contributed by atoms with Crippen molar-refractivity contribution >= 4 is 21.8 Å². The van der Waals surface area contributed by atoms with Gasteiger partial charge >= 0.3 is 0 Å². The van der Waals surface area contributed by atoms with Crippen LogP contribution in [0, 0.1) is 13.8 Å². The van der Waals surface area contributed by atoms with Crippen LogP contribution in [0.2, 0.25) is 0 Å². The summed E-state index contributed by atoms with van der Waals surface area (Å²) in [5.41, 5.74) is 8.49. The molecule has 0 fully saturated rings. The summed E-state index contributed by atoms with van der Waals surface area (Å²) in [6, 6.07) is 23.4. The number of aromatic amines is 2. The van der Waals surface area contributed by atoms with Gasteiger partial charge in [-0.15, -0.1) is 0 Å². The van der Waals surface area contributed by atoms with Gasteiger partial charge in [-0.05, 0) is 54.8 Å². The number of rotatable bonds is 3. The van der Waals surface area contributed by atoms with Crippen LogP contribution in [0.4, 0.5) is 0 Å². The number of H-pyrrole nitrogens is 2. The molecule has 2 aromatic heterocycles. The van der Waals surface area contributed by atoms with E-state index in [1.807, 2.05) is 6.07 Å². The summed E-state index contributed by atoms with van der Waals surface area (Å²) in [6.07, 6.45) is 0. The molecule has 0 spiro atoms.